The first-order valence-corrected chi connectivity index (χ1v) is 9.31. The van der Waals surface area contributed by atoms with E-state index >= 15 is 0 Å². The molecule has 1 heterocycles. The monoisotopic (exact) mass is 348 g/mol. The third-order valence-electron chi connectivity index (χ3n) is 4.04. The molecule has 0 spiro atoms. The predicted molar refractivity (Wildman–Crippen MR) is 94.9 cm³/mol. The molecule has 1 N–H and O–H groups in total. The molecule has 2 rings (SSSR count). The van der Waals surface area contributed by atoms with Gasteiger partial charge in [0, 0.05) is 24.4 Å². The highest BCUT2D eigenvalue weighted by molar-refractivity contribution is 7.89. The van der Waals surface area contributed by atoms with E-state index in [2.05, 4.69) is 9.71 Å². The second kappa shape index (κ2) is 7.32. The van der Waals surface area contributed by atoms with Crippen LogP contribution < -0.4 is 9.46 Å². The van der Waals surface area contributed by atoms with Crippen LogP contribution in [0.2, 0.25) is 0 Å². The molecule has 0 aliphatic rings. The summed E-state index contributed by atoms with van der Waals surface area (Å²) in [6.45, 7) is 7.61. The topological polar surface area (TPSA) is 68.3 Å². The molecule has 0 fully saturated rings. The summed E-state index contributed by atoms with van der Waals surface area (Å²) in [5, 5.41) is 0. The average Bonchev–Trinajstić information content (AvgIpc) is 2.51. The van der Waals surface area contributed by atoms with Gasteiger partial charge in [-0.2, -0.15) is 0 Å². The number of nitrogens with zero attached hydrogens (tertiary/aromatic N) is 1. The Morgan fingerprint density at radius 2 is 1.83 bits per heavy atom. The van der Waals surface area contributed by atoms with Crippen molar-refractivity contribution in [2.45, 2.75) is 45.1 Å². The maximum Gasteiger partial charge on any atom is 0.244 e. The van der Waals surface area contributed by atoms with Crippen LogP contribution in [-0.4, -0.2) is 26.6 Å². The molecule has 1 unspecified atom stereocenters. The van der Waals surface area contributed by atoms with E-state index in [9.17, 15) is 8.42 Å². The van der Waals surface area contributed by atoms with E-state index in [1.54, 1.807) is 18.3 Å². The lowest BCUT2D eigenvalue weighted by molar-refractivity contribution is 0.401. The van der Waals surface area contributed by atoms with Crippen molar-refractivity contribution in [1.82, 2.24) is 9.71 Å². The standard InChI is InChI=1S/C18H24N2O3S/c1-12-7-6-8-19-16(12)11-15(4)20-24(21,22)18-10-14(3)13(2)9-17(18)23-5/h6-10,15,20H,11H2,1-5H3. The van der Waals surface area contributed by atoms with Crippen molar-refractivity contribution in [2.75, 3.05) is 7.11 Å². The number of hydrogen-bond acceptors (Lipinski definition) is 4. The summed E-state index contributed by atoms with van der Waals surface area (Å²) in [6.07, 6.45) is 2.25. The van der Waals surface area contributed by atoms with Crippen LogP contribution in [0, 0.1) is 20.8 Å². The first-order valence-electron chi connectivity index (χ1n) is 7.82. The second-order valence-corrected chi connectivity index (χ2v) is 7.76. The molecule has 1 atom stereocenters. The largest absolute Gasteiger partial charge is 0.495 e. The summed E-state index contributed by atoms with van der Waals surface area (Å²) in [5.74, 6) is 0.354. The molecule has 1 aromatic heterocycles. The van der Waals surface area contributed by atoms with Crippen molar-refractivity contribution in [3.63, 3.8) is 0 Å². The molecular weight excluding hydrogens is 324 g/mol. The minimum Gasteiger partial charge on any atom is -0.495 e. The molecule has 1 aromatic carbocycles. The number of benzene rings is 1. The number of aryl methyl sites for hydroxylation is 3. The Labute approximate surface area is 144 Å². The maximum atomic E-state index is 12.7. The molecular formula is C18H24N2O3S. The number of aromatic nitrogens is 1. The van der Waals surface area contributed by atoms with Gasteiger partial charge in [-0.05, 0) is 62.6 Å². The Morgan fingerprint density at radius 3 is 2.46 bits per heavy atom. The Kier molecular flexibility index (Phi) is 5.62. The van der Waals surface area contributed by atoms with E-state index < -0.39 is 10.0 Å². The highest BCUT2D eigenvalue weighted by Gasteiger charge is 2.23. The molecule has 0 radical (unpaired) electrons. The number of sulfonamides is 1. The van der Waals surface area contributed by atoms with Crippen LogP contribution in [0.5, 0.6) is 5.75 Å². The average molecular weight is 348 g/mol. The van der Waals surface area contributed by atoms with Gasteiger partial charge < -0.3 is 4.74 Å². The molecule has 6 heteroatoms. The smallest absolute Gasteiger partial charge is 0.244 e. The minimum absolute atomic E-state index is 0.165. The van der Waals surface area contributed by atoms with Crippen LogP contribution in [0.3, 0.4) is 0 Å². The fraction of sp³-hybridized carbons (Fsp3) is 0.389. The molecule has 130 valence electrons. The normalized spacial score (nSPS) is 12.9. The van der Waals surface area contributed by atoms with Crippen molar-refractivity contribution in [3.05, 3.63) is 52.8 Å². The lowest BCUT2D eigenvalue weighted by Crippen LogP contribution is -2.34. The van der Waals surface area contributed by atoms with E-state index in [4.69, 9.17) is 4.74 Å². The first-order chi connectivity index (χ1) is 11.2. The highest BCUT2D eigenvalue weighted by atomic mass is 32.2. The van der Waals surface area contributed by atoms with Gasteiger partial charge in [0.2, 0.25) is 10.0 Å². The van der Waals surface area contributed by atoms with Crippen molar-refractivity contribution >= 4 is 10.0 Å². The lowest BCUT2D eigenvalue weighted by atomic mass is 10.1. The van der Waals surface area contributed by atoms with E-state index in [-0.39, 0.29) is 10.9 Å². The fourth-order valence-corrected chi connectivity index (χ4v) is 4.00. The Bertz CT molecular complexity index is 832. The van der Waals surface area contributed by atoms with Crippen molar-refractivity contribution < 1.29 is 13.2 Å². The van der Waals surface area contributed by atoms with Crippen LogP contribution in [0.4, 0.5) is 0 Å². The van der Waals surface area contributed by atoms with Gasteiger partial charge in [-0.1, -0.05) is 6.07 Å². The molecule has 2 aromatic rings. The molecule has 0 bridgehead atoms. The molecule has 0 amide bonds. The molecule has 0 aliphatic carbocycles. The Balaban J connectivity index is 2.25. The molecule has 5 nitrogen and oxygen atoms in total. The third kappa shape index (κ3) is 4.13. The number of pyridine rings is 1. The van der Waals surface area contributed by atoms with Gasteiger partial charge in [-0.15, -0.1) is 0 Å². The molecule has 0 saturated heterocycles. The minimum atomic E-state index is -3.68. The molecule has 24 heavy (non-hydrogen) atoms. The first kappa shape index (κ1) is 18.4. The SMILES string of the molecule is COc1cc(C)c(C)cc1S(=O)(=O)NC(C)Cc1ncccc1C. The summed E-state index contributed by atoms with van der Waals surface area (Å²) in [4.78, 5) is 4.49. The van der Waals surface area contributed by atoms with Crippen LogP contribution in [0.25, 0.3) is 0 Å². The van der Waals surface area contributed by atoms with E-state index in [1.807, 2.05) is 39.8 Å². The van der Waals surface area contributed by atoms with Crippen LogP contribution in [0.15, 0.2) is 35.4 Å². The molecule has 0 saturated carbocycles. The zero-order valence-corrected chi connectivity index (χ0v) is 15.6. The second-order valence-electron chi connectivity index (χ2n) is 6.08. The zero-order valence-electron chi connectivity index (χ0n) is 14.8. The number of nitrogens with one attached hydrogen (secondary N) is 1. The van der Waals surface area contributed by atoms with Crippen LogP contribution in [0.1, 0.15) is 29.3 Å². The van der Waals surface area contributed by atoms with Gasteiger partial charge in [-0.3, -0.25) is 4.98 Å². The summed E-state index contributed by atoms with van der Waals surface area (Å²) >= 11 is 0. The molecule has 0 aliphatic heterocycles. The van der Waals surface area contributed by atoms with E-state index in [0.717, 1.165) is 22.4 Å². The Hall–Kier alpha value is -1.92. The van der Waals surface area contributed by atoms with E-state index in [1.165, 1.54) is 7.11 Å². The third-order valence-corrected chi connectivity index (χ3v) is 5.65. The highest BCUT2D eigenvalue weighted by Crippen LogP contribution is 2.27. The van der Waals surface area contributed by atoms with Gasteiger partial charge in [0.1, 0.15) is 10.6 Å². The van der Waals surface area contributed by atoms with Gasteiger partial charge >= 0.3 is 0 Å². The number of methoxy groups -OCH3 is 1. The van der Waals surface area contributed by atoms with Gasteiger partial charge in [-0.25, -0.2) is 13.1 Å². The van der Waals surface area contributed by atoms with Crippen molar-refractivity contribution in [1.29, 1.82) is 0 Å². The van der Waals surface area contributed by atoms with Crippen molar-refractivity contribution in [3.8, 4) is 5.75 Å². The summed E-state index contributed by atoms with van der Waals surface area (Å²) in [5.41, 5.74) is 3.83. The maximum absolute atomic E-state index is 12.7. The number of hydrogen-bond donors (Lipinski definition) is 1. The van der Waals surface area contributed by atoms with E-state index in [0.29, 0.717) is 12.2 Å². The quantitative estimate of drug-likeness (QED) is 0.871. The Morgan fingerprint density at radius 1 is 1.17 bits per heavy atom. The number of rotatable bonds is 6. The van der Waals surface area contributed by atoms with Gasteiger partial charge in [0.05, 0.1) is 7.11 Å². The number of ether oxygens (including phenoxy) is 1. The van der Waals surface area contributed by atoms with Gasteiger partial charge in [0.15, 0.2) is 0 Å². The lowest BCUT2D eigenvalue weighted by Gasteiger charge is -2.17. The fourth-order valence-electron chi connectivity index (χ4n) is 2.52. The zero-order chi connectivity index (χ0) is 17.9. The van der Waals surface area contributed by atoms with Crippen LogP contribution >= 0.6 is 0 Å². The van der Waals surface area contributed by atoms with Gasteiger partial charge in [0.25, 0.3) is 0 Å². The van der Waals surface area contributed by atoms with Crippen LogP contribution in [-0.2, 0) is 16.4 Å². The summed E-state index contributed by atoms with van der Waals surface area (Å²) in [6, 6.07) is 6.95. The summed E-state index contributed by atoms with van der Waals surface area (Å²) < 4.78 is 33.5. The van der Waals surface area contributed by atoms with Crippen molar-refractivity contribution in [2.24, 2.45) is 0 Å². The summed E-state index contributed by atoms with van der Waals surface area (Å²) in [7, 11) is -2.20. The predicted octanol–water partition coefficient (Wildman–Crippen LogP) is 2.92.